The lowest BCUT2D eigenvalue weighted by Crippen LogP contribution is -2.51. The van der Waals surface area contributed by atoms with Crippen molar-refractivity contribution in [3.8, 4) is 11.1 Å². The summed E-state index contributed by atoms with van der Waals surface area (Å²) in [6.45, 7) is 10.7. The van der Waals surface area contributed by atoms with Gasteiger partial charge < -0.3 is 5.32 Å². The van der Waals surface area contributed by atoms with Crippen LogP contribution in [0.5, 0.6) is 0 Å². The van der Waals surface area contributed by atoms with E-state index in [9.17, 15) is 4.79 Å². The van der Waals surface area contributed by atoms with Crippen LogP contribution in [0.4, 0.5) is 0 Å². The largest absolute Gasteiger partial charge is 0.362 e. The SMILES string of the molecule is CC[C@]1(c2cccc(-c3c(C)cncc3C)c2)C2=CN=NC2NC2=C1C(=O)CC(C)(C)C2. The van der Waals surface area contributed by atoms with Gasteiger partial charge in [0.2, 0.25) is 0 Å². The Morgan fingerprint density at radius 1 is 1.12 bits per heavy atom. The van der Waals surface area contributed by atoms with E-state index in [1.807, 2.05) is 18.6 Å². The topological polar surface area (TPSA) is 66.7 Å². The zero-order chi connectivity index (χ0) is 22.7. The fraction of sp³-hybridized carbons (Fsp3) is 0.407. The van der Waals surface area contributed by atoms with Crippen molar-refractivity contribution in [1.29, 1.82) is 0 Å². The molecule has 1 aromatic carbocycles. The van der Waals surface area contributed by atoms with E-state index in [1.54, 1.807) is 0 Å². The number of hydrogen-bond acceptors (Lipinski definition) is 5. The molecule has 32 heavy (non-hydrogen) atoms. The first-order valence-electron chi connectivity index (χ1n) is 11.4. The minimum atomic E-state index is -0.521. The molecule has 2 aliphatic heterocycles. The fourth-order valence-electron chi connectivity index (χ4n) is 5.99. The Bertz CT molecular complexity index is 1200. The van der Waals surface area contributed by atoms with Gasteiger partial charge in [0.1, 0.15) is 0 Å². The number of nitrogens with zero attached hydrogens (tertiary/aromatic N) is 3. The van der Waals surface area contributed by atoms with Crippen LogP contribution >= 0.6 is 0 Å². The number of aromatic nitrogens is 1. The van der Waals surface area contributed by atoms with Gasteiger partial charge in [-0.3, -0.25) is 9.78 Å². The van der Waals surface area contributed by atoms with Crippen LogP contribution in [-0.2, 0) is 10.2 Å². The Morgan fingerprint density at radius 2 is 1.88 bits per heavy atom. The second kappa shape index (κ2) is 7.22. The summed E-state index contributed by atoms with van der Waals surface area (Å²) in [5.74, 6) is 0.235. The van der Waals surface area contributed by atoms with E-state index in [0.717, 1.165) is 51.9 Å². The Balaban J connectivity index is 1.76. The maximum atomic E-state index is 13.6. The molecule has 2 atom stereocenters. The number of carbonyl (C=O) groups excluding carboxylic acids is 1. The van der Waals surface area contributed by atoms with Crippen molar-refractivity contribution < 1.29 is 4.79 Å². The van der Waals surface area contributed by atoms with Crippen LogP contribution in [0.2, 0.25) is 0 Å². The molecule has 5 nitrogen and oxygen atoms in total. The average Bonchev–Trinajstić information content (AvgIpc) is 3.20. The molecule has 0 saturated heterocycles. The van der Waals surface area contributed by atoms with Gasteiger partial charge in [-0.05, 0) is 66.0 Å². The van der Waals surface area contributed by atoms with Crippen molar-refractivity contribution in [1.82, 2.24) is 10.3 Å². The van der Waals surface area contributed by atoms with Gasteiger partial charge in [-0.1, -0.05) is 39.0 Å². The summed E-state index contributed by atoms with van der Waals surface area (Å²) < 4.78 is 0. The van der Waals surface area contributed by atoms with Gasteiger partial charge in [0, 0.05) is 35.7 Å². The second-order valence-corrected chi connectivity index (χ2v) is 10.1. The van der Waals surface area contributed by atoms with Crippen molar-refractivity contribution in [2.45, 2.75) is 65.5 Å². The molecule has 2 aromatic rings. The number of benzene rings is 1. The van der Waals surface area contributed by atoms with Gasteiger partial charge in [0.05, 0.1) is 11.6 Å². The van der Waals surface area contributed by atoms with Crippen LogP contribution in [0.1, 0.15) is 56.7 Å². The number of aryl methyl sites for hydroxylation is 2. The Morgan fingerprint density at radius 3 is 2.59 bits per heavy atom. The van der Waals surface area contributed by atoms with Gasteiger partial charge in [-0.15, -0.1) is 0 Å². The highest BCUT2D eigenvalue weighted by molar-refractivity contribution is 6.01. The molecule has 1 unspecified atom stereocenters. The predicted octanol–water partition coefficient (Wildman–Crippen LogP) is 5.94. The first kappa shape index (κ1) is 20.8. The normalized spacial score (nSPS) is 25.8. The molecule has 3 heterocycles. The molecule has 0 amide bonds. The number of ketones is 1. The lowest BCUT2D eigenvalue weighted by molar-refractivity contribution is -0.119. The minimum absolute atomic E-state index is 0.0630. The molecular formula is C27H30N4O. The van der Waals surface area contributed by atoms with E-state index in [4.69, 9.17) is 0 Å². The van der Waals surface area contributed by atoms with E-state index in [1.165, 1.54) is 5.56 Å². The summed E-state index contributed by atoms with van der Waals surface area (Å²) >= 11 is 0. The maximum absolute atomic E-state index is 13.6. The van der Waals surface area contributed by atoms with E-state index in [0.29, 0.717) is 6.42 Å². The predicted molar refractivity (Wildman–Crippen MR) is 126 cm³/mol. The number of fused-ring (bicyclic) bond motifs is 1. The van der Waals surface area contributed by atoms with Crippen molar-refractivity contribution >= 4 is 5.78 Å². The smallest absolute Gasteiger partial charge is 0.164 e. The zero-order valence-corrected chi connectivity index (χ0v) is 19.5. The van der Waals surface area contributed by atoms with Crippen LogP contribution in [0.15, 0.2) is 69.9 Å². The van der Waals surface area contributed by atoms with Crippen molar-refractivity contribution in [3.63, 3.8) is 0 Å². The molecule has 3 aliphatic rings. The van der Waals surface area contributed by atoms with Crippen LogP contribution in [-0.4, -0.2) is 16.9 Å². The van der Waals surface area contributed by atoms with E-state index in [2.05, 4.69) is 79.4 Å². The highest BCUT2D eigenvalue weighted by Crippen LogP contribution is 2.54. The van der Waals surface area contributed by atoms with Gasteiger partial charge in [-0.2, -0.15) is 10.2 Å². The molecule has 5 rings (SSSR count). The molecule has 0 fully saturated rings. The van der Waals surface area contributed by atoms with Gasteiger partial charge >= 0.3 is 0 Å². The molecular weight excluding hydrogens is 396 g/mol. The summed E-state index contributed by atoms with van der Waals surface area (Å²) in [4.78, 5) is 18.0. The van der Waals surface area contributed by atoms with E-state index in [-0.39, 0.29) is 17.4 Å². The molecule has 1 N–H and O–H groups in total. The van der Waals surface area contributed by atoms with Gasteiger partial charge in [0.25, 0.3) is 0 Å². The third-order valence-corrected chi connectivity index (χ3v) is 7.28. The Hall–Kier alpha value is -3.08. The lowest BCUT2D eigenvalue weighted by Gasteiger charge is -2.47. The molecule has 164 valence electrons. The summed E-state index contributed by atoms with van der Waals surface area (Å²) in [5.41, 5.74) is 8.24. The lowest BCUT2D eigenvalue weighted by atomic mass is 9.58. The third kappa shape index (κ3) is 2.98. The molecule has 0 bridgehead atoms. The van der Waals surface area contributed by atoms with Crippen LogP contribution in [0.3, 0.4) is 0 Å². The monoisotopic (exact) mass is 426 g/mol. The highest BCUT2D eigenvalue weighted by atomic mass is 16.1. The quantitative estimate of drug-likeness (QED) is 0.661. The maximum Gasteiger partial charge on any atom is 0.164 e. The summed E-state index contributed by atoms with van der Waals surface area (Å²) in [6, 6.07) is 8.69. The van der Waals surface area contributed by atoms with Gasteiger partial charge in [0.15, 0.2) is 11.9 Å². The van der Waals surface area contributed by atoms with E-state index >= 15 is 0 Å². The zero-order valence-electron chi connectivity index (χ0n) is 19.5. The number of hydrogen-bond donors (Lipinski definition) is 1. The first-order chi connectivity index (χ1) is 15.3. The number of carbonyl (C=O) groups is 1. The Labute approximate surface area is 189 Å². The number of Topliss-reactive ketones (excluding diaryl/α,β-unsaturated/α-hetero) is 1. The summed E-state index contributed by atoms with van der Waals surface area (Å²) in [7, 11) is 0. The molecule has 0 radical (unpaired) electrons. The number of rotatable bonds is 3. The van der Waals surface area contributed by atoms with E-state index < -0.39 is 5.41 Å². The molecule has 5 heteroatoms. The molecule has 1 aliphatic carbocycles. The first-order valence-corrected chi connectivity index (χ1v) is 11.4. The van der Waals surface area contributed by atoms with Crippen LogP contribution in [0, 0.1) is 19.3 Å². The molecule has 0 saturated carbocycles. The number of pyridine rings is 1. The van der Waals surface area contributed by atoms with Crippen molar-refractivity contribution in [2.24, 2.45) is 15.6 Å². The standard InChI is InChI=1S/C27H30N4O/c1-6-27(19-9-7-8-18(10-19)23-16(2)13-28-14-17(23)3)20-15-29-31-25(20)30-21-11-26(4,5)12-22(32)24(21)27/h7-10,13-15,25,30H,6,11-12H2,1-5H3/t25?,27-/m0/s1. The minimum Gasteiger partial charge on any atom is -0.362 e. The van der Waals surface area contributed by atoms with Gasteiger partial charge in [-0.25, -0.2) is 0 Å². The molecule has 0 spiro atoms. The van der Waals surface area contributed by atoms with Crippen molar-refractivity contribution in [3.05, 3.63) is 76.4 Å². The Kier molecular flexibility index (Phi) is 4.70. The third-order valence-electron chi connectivity index (χ3n) is 7.28. The van der Waals surface area contributed by atoms with Crippen LogP contribution in [0.25, 0.3) is 11.1 Å². The number of nitrogens with one attached hydrogen (secondary N) is 1. The fourth-order valence-corrected chi connectivity index (χ4v) is 5.99. The highest BCUT2D eigenvalue weighted by Gasteiger charge is 2.52. The molecule has 1 aromatic heterocycles. The summed E-state index contributed by atoms with van der Waals surface area (Å²) in [6.07, 6.45) is 7.67. The van der Waals surface area contributed by atoms with Crippen molar-refractivity contribution in [2.75, 3.05) is 0 Å². The summed E-state index contributed by atoms with van der Waals surface area (Å²) in [5, 5.41) is 12.3. The number of azo groups is 1. The number of allylic oxidation sites excluding steroid dienone is 2. The average molecular weight is 427 g/mol. The van der Waals surface area contributed by atoms with Crippen LogP contribution < -0.4 is 5.32 Å². The second-order valence-electron chi connectivity index (χ2n) is 10.1.